The summed E-state index contributed by atoms with van der Waals surface area (Å²) in [6.45, 7) is 3.06. The second-order valence-corrected chi connectivity index (χ2v) is 5.32. The standard InChI is InChI=1S/C16H14FN5O3/c1-9-6-10(2)22-16(18-9)20-14(21-22)15(24)25-8-13(23)19-12-5-3-4-11(17)7-12/h3-7H,8H2,1-2H3,(H,19,23). The summed E-state index contributed by atoms with van der Waals surface area (Å²) < 4.78 is 19.3. The fraction of sp³-hybridized carbons (Fsp3) is 0.188. The highest BCUT2D eigenvalue weighted by Gasteiger charge is 2.17. The zero-order valence-electron chi connectivity index (χ0n) is 13.5. The Bertz CT molecular complexity index is 970. The molecule has 0 unspecified atom stereocenters. The summed E-state index contributed by atoms with van der Waals surface area (Å²) in [6.07, 6.45) is 0. The van der Waals surface area contributed by atoms with Gasteiger partial charge in [-0.1, -0.05) is 6.07 Å². The van der Waals surface area contributed by atoms with Crippen LogP contribution in [0.25, 0.3) is 5.78 Å². The Balaban J connectivity index is 1.64. The maximum Gasteiger partial charge on any atom is 0.378 e. The van der Waals surface area contributed by atoms with Crippen molar-refractivity contribution in [1.29, 1.82) is 0 Å². The minimum Gasteiger partial charge on any atom is -0.450 e. The van der Waals surface area contributed by atoms with Crippen molar-refractivity contribution in [2.45, 2.75) is 13.8 Å². The van der Waals surface area contributed by atoms with E-state index in [1.54, 1.807) is 19.9 Å². The van der Waals surface area contributed by atoms with Gasteiger partial charge >= 0.3 is 5.97 Å². The van der Waals surface area contributed by atoms with Crippen LogP contribution in [0.4, 0.5) is 10.1 Å². The Morgan fingerprint density at radius 3 is 2.80 bits per heavy atom. The van der Waals surface area contributed by atoms with Crippen molar-refractivity contribution in [3.05, 3.63) is 53.4 Å². The second kappa shape index (κ2) is 6.63. The van der Waals surface area contributed by atoms with E-state index in [1.807, 2.05) is 0 Å². The third kappa shape index (κ3) is 3.77. The molecule has 9 heteroatoms. The van der Waals surface area contributed by atoms with Crippen LogP contribution in [-0.4, -0.2) is 38.1 Å². The molecule has 0 aliphatic carbocycles. The number of carbonyl (C=O) groups is 2. The first-order valence-electron chi connectivity index (χ1n) is 7.36. The third-order valence-corrected chi connectivity index (χ3v) is 3.24. The average Bonchev–Trinajstić information content (AvgIpc) is 2.97. The molecule has 1 aromatic carbocycles. The molecule has 25 heavy (non-hydrogen) atoms. The lowest BCUT2D eigenvalue weighted by atomic mass is 10.3. The van der Waals surface area contributed by atoms with Gasteiger partial charge in [0, 0.05) is 17.1 Å². The van der Waals surface area contributed by atoms with Crippen LogP contribution < -0.4 is 5.32 Å². The molecule has 0 fully saturated rings. The maximum atomic E-state index is 13.1. The highest BCUT2D eigenvalue weighted by molar-refractivity contribution is 5.94. The first kappa shape index (κ1) is 16.5. The summed E-state index contributed by atoms with van der Waals surface area (Å²) in [5.41, 5.74) is 1.77. The van der Waals surface area contributed by atoms with Crippen LogP contribution >= 0.6 is 0 Å². The number of nitrogens with one attached hydrogen (secondary N) is 1. The Morgan fingerprint density at radius 2 is 2.04 bits per heavy atom. The van der Waals surface area contributed by atoms with Gasteiger partial charge in [-0.25, -0.2) is 18.7 Å². The number of hydrogen-bond donors (Lipinski definition) is 1. The topological polar surface area (TPSA) is 98.5 Å². The highest BCUT2D eigenvalue weighted by atomic mass is 19.1. The van der Waals surface area contributed by atoms with Crippen LogP contribution in [0.2, 0.25) is 0 Å². The van der Waals surface area contributed by atoms with Crippen LogP contribution in [0.3, 0.4) is 0 Å². The van der Waals surface area contributed by atoms with E-state index >= 15 is 0 Å². The van der Waals surface area contributed by atoms with Crippen molar-refractivity contribution in [2.24, 2.45) is 0 Å². The molecule has 3 aromatic rings. The fourth-order valence-electron chi connectivity index (χ4n) is 2.21. The molecule has 1 amide bonds. The number of esters is 1. The van der Waals surface area contributed by atoms with Crippen LogP contribution in [0.5, 0.6) is 0 Å². The van der Waals surface area contributed by atoms with E-state index in [9.17, 15) is 14.0 Å². The fourth-order valence-corrected chi connectivity index (χ4v) is 2.21. The van der Waals surface area contributed by atoms with Gasteiger partial charge in [-0.05, 0) is 38.1 Å². The summed E-state index contributed by atoms with van der Waals surface area (Å²) in [4.78, 5) is 31.9. The molecule has 0 saturated carbocycles. The summed E-state index contributed by atoms with van der Waals surface area (Å²) in [6, 6.07) is 7.17. The SMILES string of the molecule is Cc1cc(C)n2nc(C(=O)OCC(=O)Nc3cccc(F)c3)nc2n1. The van der Waals surface area contributed by atoms with E-state index in [-0.39, 0.29) is 17.3 Å². The van der Waals surface area contributed by atoms with Gasteiger partial charge in [0.2, 0.25) is 0 Å². The van der Waals surface area contributed by atoms with Gasteiger partial charge < -0.3 is 10.1 Å². The van der Waals surface area contributed by atoms with Gasteiger partial charge in [0.05, 0.1) is 0 Å². The lowest BCUT2D eigenvalue weighted by Gasteiger charge is -2.05. The van der Waals surface area contributed by atoms with Crippen molar-refractivity contribution in [3.63, 3.8) is 0 Å². The number of fused-ring (bicyclic) bond motifs is 1. The largest absolute Gasteiger partial charge is 0.450 e. The van der Waals surface area contributed by atoms with Crippen molar-refractivity contribution >= 4 is 23.3 Å². The van der Waals surface area contributed by atoms with Gasteiger partial charge in [-0.2, -0.15) is 4.98 Å². The number of anilines is 1. The van der Waals surface area contributed by atoms with E-state index in [4.69, 9.17) is 4.74 Å². The number of benzene rings is 1. The molecular formula is C16H14FN5O3. The molecule has 0 radical (unpaired) electrons. The summed E-state index contributed by atoms with van der Waals surface area (Å²) in [5, 5.41) is 6.43. The third-order valence-electron chi connectivity index (χ3n) is 3.24. The zero-order chi connectivity index (χ0) is 18.0. The maximum absolute atomic E-state index is 13.1. The van der Waals surface area contributed by atoms with Gasteiger partial charge in [-0.15, -0.1) is 5.10 Å². The number of nitrogens with zero attached hydrogens (tertiary/aromatic N) is 4. The van der Waals surface area contributed by atoms with Crippen LogP contribution in [-0.2, 0) is 9.53 Å². The number of hydrogen-bond acceptors (Lipinski definition) is 6. The number of aryl methyl sites for hydroxylation is 2. The Kier molecular flexibility index (Phi) is 4.38. The van der Waals surface area contributed by atoms with Crippen molar-refractivity contribution < 1.29 is 18.7 Å². The zero-order valence-corrected chi connectivity index (χ0v) is 13.5. The molecule has 8 nitrogen and oxygen atoms in total. The lowest BCUT2D eigenvalue weighted by molar-refractivity contribution is -0.119. The number of aromatic nitrogens is 4. The Morgan fingerprint density at radius 1 is 1.24 bits per heavy atom. The minimum atomic E-state index is -0.850. The van der Waals surface area contributed by atoms with Gasteiger partial charge in [0.1, 0.15) is 5.82 Å². The molecule has 1 N–H and O–H groups in total. The number of rotatable bonds is 4. The Labute approximate surface area is 141 Å². The monoisotopic (exact) mass is 343 g/mol. The van der Waals surface area contributed by atoms with E-state index in [1.165, 1.54) is 22.7 Å². The van der Waals surface area contributed by atoms with Crippen molar-refractivity contribution in [3.8, 4) is 0 Å². The lowest BCUT2D eigenvalue weighted by Crippen LogP contribution is -2.21. The number of amides is 1. The predicted octanol–water partition coefficient (Wildman–Crippen LogP) is 1.68. The molecule has 128 valence electrons. The molecular weight excluding hydrogens is 329 g/mol. The molecule has 0 saturated heterocycles. The van der Waals surface area contributed by atoms with Gasteiger partial charge in [0.15, 0.2) is 6.61 Å². The number of carbonyl (C=O) groups excluding carboxylic acids is 2. The van der Waals surface area contributed by atoms with Crippen LogP contribution in [0, 0.1) is 19.7 Å². The first-order chi connectivity index (χ1) is 11.9. The van der Waals surface area contributed by atoms with Crippen LogP contribution in [0.1, 0.15) is 22.0 Å². The molecule has 0 atom stereocenters. The average molecular weight is 343 g/mol. The molecule has 2 aromatic heterocycles. The van der Waals surface area contributed by atoms with Gasteiger partial charge in [0.25, 0.3) is 17.5 Å². The first-order valence-corrected chi connectivity index (χ1v) is 7.36. The van der Waals surface area contributed by atoms with E-state index < -0.39 is 24.3 Å². The molecule has 0 bridgehead atoms. The smallest absolute Gasteiger partial charge is 0.378 e. The molecule has 2 heterocycles. The van der Waals surface area contributed by atoms with Gasteiger partial charge in [-0.3, -0.25) is 4.79 Å². The van der Waals surface area contributed by atoms with Crippen LogP contribution in [0.15, 0.2) is 30.3 Å². The highest BCUT2D eigenvalue weighted by Crippen LogP contribution is 2.09. The van der Waals surface area contributed by atoms with Crippen molar-refractivity contribution in [1.82, 2.24) is 19.6 Å². The van der Waals surface area contributed by atoms with Crippen molar-refractivity contribution in [2.75, 3.05) is 11.9 Å². The summed E-state index contributed by atoms with van der Waals surface area (Å²) >= 11 is 0. The molecule has 0 aliphatic rings. The summed E-state index contributed by atoms with van der Waals surface area (Å²) in [7, 11) is 0. The van der Waals surface area contributed by atoms with E-state index in [0.717, 1.165) is 17.5 Å². The molecule has 3 rings (SSSR count). The number of ether oxygens (including phenoxy) is 1. The second-order valence-electron chi connectivity index (χ2n) is 5.32. The number of halogens is 1. The quantitative estimate of drug-likeness (QED) is 0.724. The van der Waals surface area contributed by atoms with E-state index in [0.29, 0.717) is 0 Å². The molecule has 0 spiro atoms. The predicted molar refractivity (Wildman–Crippen MR) is 85.6 cm³/mol. The molecule has 0 aliphatic heterocycles. The minimum absolute atomic E-state index is 0.195. The Hall–Kier alpha value is -3.36. The van der Waals surface area contributed by atoms with E-state index in [2.05, 4.69) is 20.4 Å². The normalized spacial score (nSPS) is 10.7. The summed E-state index contributed by atoms with van der Waals surface area (Å²) in [5.74, 6) is -1.86.